The van der Waals surface area contributed by atoms with Crippen LogP contribution in [0.15, 0.2) is 23.2 Å². The maximum atomic E-state index is 13.3. The van der Waals surface area contributed by atoms with E-state index in [4.69, 9.17) is 0 Å². The van der Waals surface area contributed by atoms with E-state index in [-0.39, 0.29) is 0 Å². The molecule has 0 amide bonds. The highest BCUT2D eigenvalue weighted by Crippen LogP contribution is 2.18. The Labute approximate surface area is 142 Å². The van der Waals surface area contributed by atoms with Crippen LogP contribution in [-0.2, 0) is 6.54 Å². The summed E-state index contributed by atoms with van der Waals surface area (Å²) in [6.07, 6.45) is 5.81. The molecule has 1 heterocycles. The van der Waals surface area contributed by atoms with E-state index in [2.05, 4.69) is 20.5 Å². The number of guanidine groups is 1. The van der Waals surface area contributed by atoms with Gasteiger partial charge in [0.05, 0.1) is 0 Å². The van der Waals surface area contributed by atoms with Gasteiger partial charge in [0.2, 0.25) is 0 Å². The minimum absolute atomic E-state index is 0.414. The first kappa shape index (κ1) is 17.1. The Bertz CT molecular complexity index is 578. The van der Waals surface area contributed by atoms with Crippen molar-refractivity contribution < 1.29 is 8.78 Å². The van der Waals surface area contributed by atoms with E-state index in [0.717, 1.165) is 37.5 Å². The SMILES string of the molecule is CN=C(NC1CCC1)NC1CCN(Cc2ccc(F)c(F)c2)CC1. The second-order valence-electron chi connectivity index (χ2n) is 6.79. The van der Waals surface area contributed by atoms with Crippen molar-refractivity contribution in [3.05, 3.63) is 35.4 Å². The van der Waals surface area contributed by atoms with E-state index >= 15 is 0 Å². The molecule has 1 aromatic carbocycles. The second-order valence-corrected chi connectivity index (χ2v) is 6.79. The van der Waals surface area contributed by atoms with Crippen LogP contribution in [-0.4, -0.2) is 43.1 Å². The lowest BCUT2D eigenvalue weighted by atomic mass is 9.93. The third kappa shape index (κ3) is 4.44. The third-order valence-corrected chi connectivity index (χ3v) is 4.99. The fraction of sp³-hybridized carbons (Fsp3) is 0.611. The number of likely N-dealkylation sites (tertiary alicyclic amines) is 1. The minimum Gasteiger partial charge on any atom is -0.354 e. The van der Waals surface area contributed by atoms with Crippen molar-refractivity contribution in [3.8, 4) is 0 Å². The lowest BCUT2D eigenvalue weighted by Crippen LogP contribution is -2.52. The Hall–Kier alpha value is -1.69. The van der Waals surface area contributed by atoms with Crippen molar-refractivity contribution in [3.63, 3.8) is 0 Å². The summed E-state index contributed by atoms with van der Waals surface area (Å²) in [5, 5.41) is 6.97. The van der Waals surface area contributed by atoms with Crippen molar-refractivity contribution in [2.75, 3.05) is 20.1 Å². The summed E-state index contributed by atoms with van der Waals surface area (Å²) < 4.78 is 26.3. The van der Waals surface area contributed by atoms with Crippen LogP contribution < -0.4 is 10.6 Å². The minimum atomic E-state index is -0.785. The van der Waals surface area contributed by atoms with Gasteiger partial charge in [-0.15, -0.1) is 0 Å². The molecule has 1 saturated heterocycles. The van der Waals surface area contributed by atoms with Gasteiger partial charge < -0.3 is 10.6 Å². The molecule has 6 heteroatoms. The molecule has 0 radical (unpaired) electrons. The molecular formula is C18H26F2N4. The van der Waals surface area contributed by atoms with Gasteiger partial charge in [-0.1, -0.05) is 6.07 Å². The number of hydrogen-bond donors (Lipinski definition) is 2. The van der Waals surface area contributed by atoms with Crippen LogP contribution in [0.3, 0.4) is 0 Å². The highest BCUT2D eigenvalue weighted by Gasteiger charge is 2.23. The molecule has 2 fully saturated rings. The Morgan fingerprint density at radius 1 is 1.08 bits per heavy atom. The van der Waals surface area contributed by atoms with Gasteiger partial charge in [-0.05, 0) is 49.8 Å². The molecule has 4 nitrogen and oxygen atoms in total. The van der Waals surface area contributed by atoms with Gasteiger partial charge in [0.1, 0.15) is 0 Å². The first-order valence-electron chi connectivity index (χ1n) is 8.80. The fourth-order valence-electron chi connectivity index (χ4n) is 3.24. The van der Waals surface area contributed by atoms with Gasteiger partial charge in [0, 0.05) is 38.8 Å². The van der Waals surface area contributed by atoms with Crippen molar-refractivity contribution >= 4 is 5.96 Å². The highest BCUT2D eigenvalue weighted by molar-refractivity contribution is 5.80. The Balaban J connectivity index is 1.44. The number of hydrogen-bond acceptors (Lipinski definition) is 2. The largest absolute Gasteiger partial charge is 0.354 e. The summed E-state index contributed by atoms with van der Waals surface area (Å²) in [4.78, 5) is 6.60. The third-order valence-electron chi connectivity index (χ3n) is 4.99. The normalized spacial score (nSPS) is 20.7. The Kier molecular flexibility index (Phi) is 5.66. The van der Waals surface area contributed by atoms with Crippen LogP contribution in [0, 0.1) is 11.6 Å². The molecule has 132 valence electrons. The van der Waals surface area contributed by atoms with Gasteiger partial charge in [0.15, 0.2) is 17.6 Å². The molecule has 1 aromatic rings. The quantitative estimate of drug-likeness (QED) is 0.656. The first-order valence-corrected chi connectivity index (χ1v) is 8.80. The molecule has 2 aliphatic rings. The zero-order chi connectivity index (χ0) is 16.9. The highest BCUT2D eigenvalue weighted by atomic mass is 19.2. The number of rotatable bonds is 4. The standard InChI is InChI=1S/C18H26F2N4/c1-21-18(22-14-3-2-4-14)23-15-7-9-24(10-8-15)12-13-5-6-16(19)17(20)11-13/h5-6,11,14-15H,2-4,7-10,12H2,1H3,(H2,21,22,23). The number of aliphatic imine (C=N–C) groups is 1. The summed E-state index contributed by atoms with van der Waals surface area (Å²) in [5.74, 6) is -0.652. The Morgan fingerprint density at radius 3 is 2.29 bits per heavy atom. The zero-order valence-corrected chi connectivity index (χ0v) is 14.2. The van der Waals surface area contributed by atoms with Gasteiger partial charge in [-0.25, -0.2) is 8.78 Å². The van der Waals surface area contributed by atoms with E-state index < -0.39 is 11.6 Å². The lowest BCUT2D eigenvalue weighted by molar-refractivity contribution is 0.198. The molecule has 1 aliphatic heterocycles. The number of piperidine rings is 1. The molecule has 24 heavy (non-hydrogen) atoms. The van der Waals surface area contributed by atoms with Crippen LogP contribution in [0.5, 0.6) is 0 Å². The van der Waals surface area contributed by atoms with Crippen LogP contribution in [0.2, 0.25) is 0 Å². The smallest absolute Gasteiger partial charge is 0.191 e. The molecule has 1 aliphatic carbocycles. The van der Waals surface area contributed by atoms with Crippen LogP contribution >= 0.6 is 0 Å². The number of halogens is 2. The van der Waals surface area contributed by atoms with Gasteiger partial charge in [-0.3, -0.25) is 9.89 Å². The predicted molar refractivity (Wildman–Crippen MR) is 91.9 cm³/mol. The molecule has 0 atom stereocenters. The van der Waals surface area contributed by atoms with E-state index in [1.165, 1.54) is 31.4 Å². The lowest BCUT2D eigenvalue weighted by Gasteiger charge is -2.34. The molecule has 1 saturated carbocycles. The molecule has 3 rings (SSSR count). The van der Waals surface area contributed by atoms with Gasteiger partial charge in [0.25, 0.3) is 0 Å². The molecule has 0 spiro atoms. The fourth-order valence-corrected chi connectivity index (χ4v) is 3.24. The molecular weight excluding hydrogens is 310 g/mol. The number of nitrogens with zero attached hydrogens (tertiary/aromatic N) is 2. The van der Waals surface area contributed by atoms with E-state index in [1.54, 1.807) is 6.07 Å². The molecule has 2 N–H and O–H groups in total. The van der Waals surface area contributed by atoms with Crippen molar-refractivity contribution in [1.29, 1.82) is 0 Å². The van der Waals surface area contributed by atoms with E-state index in [0.29, 0.717) is 18.6 Å². The van der Waals surface area contributed by atoms with Gasteiger partial charge >= 0.3 is 0 Å². The van der Waals surface area contributed by atoms with Crippen LogP contribution in [0.25, 0.3) is 0 Å². The van der Waals surface area contributed by atoms with Crippen LogP contribution in [0.1, 0.15) is 37.7 Å². The maximum absolute atomic E-state index is 13.3. The van der Waals surface area contributed by atoms with E-state index in [1.807, 2.05) is 7.05 Å². The number of benzene rings is 1. The average molecular weight is 336 g/mol. The summed E-state index contributed by atoms with van der Waals surface area (Å²) in [6.45, 7) is 2.55. The van der Waals surface area contributed by atoms with Gasteiger partial charge in [-0.2, -0.15) is 0 Å². The topological polar surface area (TPSA) is 39.7 Å². The molecule has 0 unspecified atom stereocenters. The van der Waals surface area contributed by atoms with Crippen molar-refractivity contribution in [1.82, 2.24) is 15.5 Å². The van der Waals surface area contributed by atoms with Crippen LogP contribution in [0.4, 0.5) is 8.78 Å². The summed E-state index contributed by atoms with van der Waals surface area (Å²) >= 11 is 0. The number of nitrogens with one attached hydrogen (secondary N) is 2. The second kappa shape index (κ2) is 7.92. The molecule has 0 bridgehead atoms. The zero-order valence-electron chi connectivity index (χ0n) is 14.2. The van der Waals surface area contributed by atoms with Crippen molar-refractivity contribution in [2.45, 2.75) is 50.7 Å². The predicted octanol–water partition coefficient (Wildman–Crippen LogP) is 2.65. The average Bonchev–Trinajstić information content (AvgIpc) is 2.55. The first-order chi connectivity index (χ1) is 11.6. The van der Waals surface area contributed by atoms with E-state index in [9.17, 15) is 8.78 Å². The summed E-state index contributed by atoms with van der Waals surface area (Å²) in [5.41, 5.74) is 0.822. The Morgan fingerprint density at radius 2 is 1.75 bits per heavy atom. The van der Waals surface area contributed by atoms with Crippen molar-refractivity contribution in [2.24, 2.45) is 4.99 Å². The molecule has 0 aromatic heterocycles. The summed E-state index contributed by atoms with van der Waals surface area (Å²) in [7, 11) is 1.81. The maximum Gasteiger partial charge on any atom is 0.191 e. The summed E-state index contributed by atoms with van der Waals surface area (Å²) in [6, 6.07) is 5.15. The monoisotopic (exact) mass is 336 g/mol.